The van der Waals surface area contributed by atoms with Crippen molar-refractivity contribution in [2.75, 3.05) is 38.7 Å². The van der Waals surface area contributed by atoms with E-state index in [9.17, 15) is 4.79 Å². The number of ether oxygens (including phenoxy) is 2. The van der Waals surface area contributed by atoms with Crippen molar-refractivity contribution in [3.63, 3.8) is 0 Å². The van der Waals surface area contributed by atoms with Crippen LogP contribution in [0.1, 0.15) is 12.0 Å². The van der Waals surface area contributed by atoms with Gasteiger partial charge in [-0.05, 0) is 30.5 Å². The maximum Gasteiger partial charge on any atom is 0.239 e. The van der Waals surface area contributed by atoms with Gasteiger partial charge in [0.15, 0.2) is 0 Å². The largest absolute Gasteiger partial charge is 0.494 e. The van der Waals surface area contributed by atoms with Gasteiger partial charge >= 0.3 is 0 Å². The molecule has 0 aromatic heterocycles. The molecular formula is C20H26N2O3. The van der Waals surface area contributed by atoms with E-state index in [0.717, 1.165) is 24.3 Å². The topological polar surface area (TPSA) is 59.6 Å². The normalized spacial score (nSPS) is 10.3. The van der Waals surface area contributed by atoms with E-state index >= 15 is 0 Å². The molecule has 0 radical (unpaired) electrons. The minimum absolute atomic E-state index is 0.0637. The summed E-state index contributed by atoms with van der Waals surface area (Å²) < 4.78 is 10.7. The van der Waals surface area contributed by atoms with Crippen LogP contribution in [0.15, 0.2) is 54.6 Å². The van der Waals surface area contributed by atoms with Gasteiger partial charge in [0.05, 0.1) is 19.8 Å². The fourth-order valence-corrected chi connectivity index (χ4v) is 2.34. The van der Waals surface area contributed by atoms with Crippen LogP contribution >= 0.6 is 0 Å². The van der Waals surface area contributed by atoms with Gasteiger partial charge in [0, 0.05) is 25.4 Å². The van der Waals surface area contributed by atoms with Crippen LogP contribution in [0.3, 0.4) is 0 Å². The Morgan fingerprint density at radius 2 is 1.88 bits per heavy atom. The van der Waals surface area contributed by atoms with E-state index in [1.165, 1.54) is 5.56 Å². The monoisotopic (exact) mass is 342 g/mol. The van der Waals surface area contributed by atoms with Gasteiger partial charge in [-0.15, -0.1) is 0 Å². The third-order valence-electron chi connectivity index (χ3n) is 3.64. The third kappa shape index (κ3) is 7.72. The van der Waals surface area contributed by atoms with Crippen LogP contribution in [0.5, 0.6) is 5.75 Å². The number of aryl methyl sites for hydroxylation is 1. The summed E-state index contributed by atoms with van der Waals surface area (Å²) in [7, 11) is 1.61. The maximum atomic E-state index is 11.7. The summed E-state index contributed by atoms with van der Waals surface area (Å²) in [6.45, 7) is 1.91. The van der Waals surface area contributed by atoms with Gasteiger partial charge in [-0.1, -0.05) is 36.4 Å². The Kier molecular flexibility index (Phi) is 8.35. The molecule has 0 spiro atoms. The van der Waals surface area contributed by atoms with Crippen LogP contribution in [-0.2, 0) is 16.0 Å². The predicted octanol–water partition coefficient (Wildman–Crippen LogP) is 2.87. The summed E-state index contributed by atoms with van der Waals surface area (Å²) in [5.74, 6) is 0.740. The number of amides is 1. The first kappa shape index (κ1) is 18.8. The quantitative estimate of drug-likeness (QED) is 0.617. The minimum atomic E-state index is -0.0637. The zero-order valence-electron chi connectivity index (χ0n) is 14.7. The van der Waals surface area contributed by atoms with Crippen LogP contribution < -0.4 is 15.4 Å². The molecule has 2 aromatic rings. The summed E-state index contributed by atoms with van der Waals surface area (Å²) in [5.41, 5.74) is 2.18. The molecule has 0 unspecified atom stereocenters. The molecule has 0 saturated carbocycles. The lowest BCUT2D eigenvalue weighted by molar-refractivity contribution is -0.119. The molecule has 0 saturated heterocycles. The van der Waals surface area contributed by atoms with Crippen molar-refractivity contribution in [1.82, 2.24) is 5.32 Å². The SMILES string of the molecule is COCCNC(=O)CNc1cccc(OCCCc2ccccc2)c1. The molecule has 1 amide bonds. The van der Waals surface area contributed by atoms with E-state index in [4.69, 9.17) is 9.47 Å². The van der Waals surface area contributed by atoms with E-state index in [-0.39, 0.29) is 12.5 Å². The number of rotatable bonds is 11. The summed E-state index contributed by atoms with van der Waals surface area (Å²) in [6, 6.07) is 18.0. The summed E-state index contributed by atoms with van der Waals surface area (Å²) in [5, 5.41) is 5.86. The van der Waals surface area contributed by atoms with Gasteiger partial charge in [0.1, 0.15) is 5.75 Å². The molecule has 0 heterocycles. The predicted molar refractivity (Wildman–Crippen MR) is 100 cm³/mol. The highest BCUT2D eigenvalue weighted by Gasteiger charge is 2.02. The van der Waals surface area contributed by atoms with Crippen molar-refractivity contribution in [3.8, 4) is 5.75 Å². The summed E-state index contributed by atoms with van der Waals surface area (Å²) >= 11 is 0. The maximum absolute atomic E-state index is 11.7. The number of carbonyl (C=O) groups excluding carboxylic acids is 1. The molecule has 2 N–H and O–H groups in total. The average molecular weight is 342 g/mol. The number of carbonyl (C=O) groups is 1. The number of methoxy groups -OCH3 is 1. The van der Waals surface area contributed by atoms with Crippen molar-refractivity contribution in [3.05, 3.63) is 60.2 Å². The molecule has 134 valence electrons. The van der Waals surface area contributed by atoms with E-state index in [0.29, 0.717) is 19.8 Å². The van der Waals surface area contributed by atoms with Crippen molar-refractivity contribution < 1.29 is 14.3 Å². The third-order valence-corrected chi connectivity index (χ3v) is 3.64. The lowest BCUT2D eigenvalue weighted by Gasteiger charge is -2.10. The van der Waals surface area contributed by atoms with Gasteiger partial charge in [0.25, 0.3) is 0 Å². The lowest BCUT2D eigenvalue weighted by atomic mass is 10.1. The highest BCUT2D eigenvalue weighted by Crippen LogP contribution is 2.17. The molecule has 0 aliphatic carbocycles. The number of anilines is 1. The Balaban J connectivity index is 1.68. The van der Waals surface area contributed by atoms with E-state index < -0.39 is 0 Å². The number of benzene rings is 2. The Morgan fingerprint density at radius 3 is 2.68 bits per heavy atom. The fraction of sp³-hybridized carbons (Fsp3) is 0.350. The van der Waals surface area contributed by atoms with Gasteiger partial charge in [-0.2, -0.15) is 0 Å². The van der Waals surface area contributed by atoms with Crippen molar-refractivity contribution >= 4 is 11.6 Å². The molecule has 2 aromatic carbocycles. The smallest absolute Gasteiger partial charge is 0.239 e. The molecular weight excluding hydrogens is 316 g/mol. The van der Waals surface area contributed by atoms with Crippen molar-refractivity contribution in [2.45, 2.75) is 12.8 Å². The molecule has 2 rings (SSSR count). The highest BCUT2D eigenvalue weighted by molar-refractivity contribution is 5.80. The first-order chi connectivity index (χ1) is 12.3. The molecule has 0 bridgehead atoms. The molecule has 0 fully saturated rings. The van der Waals surface area contributed by atoms with Crippen LogP contribution in [0, 0.1) is 0 Å². The zero-order valence-corrected chi connectivity index (χ0v) is 14.7. The van der Waals surface area contributed by atoms with Gasteiger partial charge < -0.3 is 20.1 Å². The van der Waals surface area contributed by atoms with Crippen molar-refractivity contribution in [1.29, 1.82) is 0 Å². The van der Waals surface area contributed by atoms with Crippen LogP contribution in [0.4, 0.5) is 5.69 Å². The molecule has 5 heteroatoms. The Hall–Kier alpha value is -2.53. The summed E-state index contributed by atoms with van der Waals surface area (Å²) in [6.07, 6.45) is 1.96. The van der Waals surface area contributed by atoms with E-state index in [2.05, 4.69) is 34.9 Å². The number of hydrogen-bond donors (Lipinski definition) is 2. The molecule has 0 aliphatic rings. The Bertz CT molecular complexity index is 632. The van der Waals surface area contributed by atoms with Gasteiger partial charge in [-0.25, -0.2) is 0 Å². The second kappa shape index (κ2) is 11.1. The van der Waals surface area contributed by atoms with Crippen LogP contribution in [0.25, 0.3) is 0 Å². The number of hydrogen-bond acceptors (Lipinski definition) is 4. The lowest BCUT2D eigenvalue weighted by Crippen LogP contribution is -2.32. The van der Waals surface area contributed by atoms with Crippen LogP contribution in [0.2, 0.25) is 0 Å². The van der Waals surface area contributed by atoms with Gasteiger partial charge in [-0.3, -0.25) is 4.79 Å². The molecule has 0 aliphatic heterocycles. The second-order valence-corrected chi connectivity index (χ2v) is 5.66. The minimum Gasteiger partial charge on any atom is -0.494 e. The Labute approximate surface area is 149 Å². The molecule has 5 nitrogen and oxygen atoms in total. The Morgan fingerprint density at radius 1 is 1.04 bits per heavy atom. The zero-order chi connectivity index (χ0) is 17.7. The summed E-state index contributed by atoms with van der Waals surface area (Å²) in [4.78, 5) is 11.7. The molecule has 25 heavy (non-hydrogen) atoms. The number of nitrogens with one attached hydrogen (secondary N) is 2. The fourth-order valence-electron chi connectivity index (χ4n) is 2.34. The van der Waals surface area contributed by atoms with E-state index in [1.807, 2.05) is 30.3 Å². The van der Waals surface area contributed by atoms with Gasteiger partial charge in [0.2, 0.25) is 5.91 Å². The molecule has 0 atom stereocenters. The average Bonchev–Trinajstić information content (AvgIpc) is 2.65. The standard InChI is InChI=1S/C20H26N2O3/c1-24-14-12-21-20(23)16-22-18-10-5-11-19(15-18)25-13-6-9-17-7-3-2-4-8-17/h2-5,7-8,10-11,15,22H,6,9,12-14,16H2,1H3,(H,21,23). The first-order valence-electron chi connectivity index (χ1n) is 8.54. The first-order valence-corrected chi connectivity index (χ1v) is 8.54. The highest BCUT2D eigenvalue weighted by atomic mass is 16.5. The van der Waals surface area contributed by atoms with Crippen LogP contribution in [-0.4, -0.2) is 39.3 Å². The van der Waals surface area contributed by atoms with E-state index in [1.54, 1.807) is 7.11 Å². The van der Waals surface area contributed by atoms with Crippen molar-refractivity contribution in [2.24, 2.45) is 0 Å². The second-order valence-electron chi connectivity index (χ2n) is 5.66.